The van der Waals surface area contributed by atoms with Gasteiger partial charge in [0, 0.05) is 35.3 Å². The van der Waals surface area contributed by atoms with E-state index in [2.05, 4.69) is 30.4 Å². The summed E-state index contributed by atoms with van der Waals surface area (Å²) in [6.45, 7) is 4.76. The number of carbonyl (C=O) groups is 1. The highest BCUT2D eigenvalue weighted by Crippen LogP contribution is 2.26. The number of nitrogens with zero attached hydrogens (tertiary/aromatic N) is 1. The molecule has 1 amide bonds. The first kappa shape index (κ1) is 13.6. The third-order valence-electron chi connectivity index (χ3n) is 3.90. The van der Waals surface area contributed by atoms with Gasteiger partial charge >= 0.3 is 0 Å². The van der Waals surface area contributed by atoms with Crippen LogP contribution in [-0.2, 0) is 11.2 Å². The van der Waals surface area contributed by atoms with E-state index in [1.165, 1.54) is 15.0 Å². The molecule has 20 heavy (non-hydrogen) atoms. The Morgan fingerprint density at radius 3 is 3.10 bits per heavy atom. The van der Waals surface area contributed by atoms with Crippen molar-refractivity contribution in [2.45, 2.75) is 25.8 Å². The summed E-state index contributed by atoms with van der Waals surface area (Å²) >= 11 is 1.73. The maximum absolute atomic E-state index is 12.4. The lowest BCUT2D eigenvalue weighted by atomic mass is 10.1. The number of carbonyl (C=O) groups excluding carboxylic acids is 1. The molecule has 2 heterocycles. The van der Waals surface area contributed by atoms with Gasteiger partial charge in [0.05, 0.1) is 6.42 Å². The molecule has 0 aliphatic carbocycles. The van der Waals surface area contributed by atoms with Gasteiger partial charge in [0.1, 0.15) is 0 Å². The van der Waals surface area contributed by atoms with E-state index in [9.17, 15) is 4.79 Å². The fourth-order valence-corrected chi connectivity index (χ4v) is 3.77. The number of piperazine rings is 1. The highest BCUT2D eigenvalue weighted by atomic mass is 32.1. The molecule has 106 valence electrons. The number of thiophene rings is 1. The van der Waals surface area contributed by atoms with E-state index < -0.39 is 0 Å². The van der Waals surface area contributed by atoms with E-state index in [0.29, 0.717) is 12.5 Å². The zero-order valence-electron chi connectivity index (χ0n) is 11.8. The van der Waals surface area contributed by atoms with Gasteiger partial charge in [-0.3, -0.25) is 4.79 Å². The van der Waals surface area contributed by atoms with Crippen LogP contribution in [0.4, 0.5) is 0 Å². The van der Waals surface area contributed by atoms with Crippen LogP contribution in [0.5, 0.6) is 0 Å². The standard InChI is InChI=1S/C16H20N2OS/c1-2-13-11-18(8-7-17-13)16(19)10-14-9-12-5-3-4-6-15(12)20-14/h3-6,9,13,17H,2,7-8,10-11H2,1H3/t13-/m1/s1. The number of fused-ring (bicyclic) bond motifs is 1. The summed E-state index contributed by atoms with van der Waals surface area (Å²) < 4.78 is 1.27. The van der Waals surface area contributed by atoms with Crippen LogP contribution >= 0.6 is 11.3 Å². The Hall–Kier alpha value is -1.39. The van der Waals surface area contributed by atoms with Crippen LogP contribution in [0.2, 0.25) is 0 Å². The predicted octanol–water partition coefficient (Wildman–Crippen LogP) is 2.65. The maximum atomic E-state index is 12.4. The normalized spacial score (nSPS) is 19.4. The molecular formula is C16H20N2OS. The van der Waals surface area contributed by atoms with E-state index in [1.54, 1.807) is 11.3 Å². The number of rotatable bonds is 3. The Morgan fingerprint density at radius 2 is 2.30 bits per heavy atom. The first-order valence-corrected chi connectivity index (χ1v) is 8.06. The largest absolute Gasteiger partial charge is 0.340 e. The average Bonchev–Trinajstić information content (AvgIpc) is 2.89. The van der Waals surface area contributed by atoms with Crippen LogP contribution in [-0.4, -0.2) is 36.5 Å². The van der Waals surface area contributed by atoms with E-state index in [1.807, 2.05) is 17.0 Å². The van der Waals surface area contributed by atoms with Crippen LogP contribution in [0.3, 0.4) is 0 Å². The molecule has 4 heteroatoms. The molecule has 0 radical (unpaired) electrons. The lowest BCUT2D eigenvalue weighted by Crippen LogP contribution is -2.52. The molecule has 3 nitrogen and oxygen atoms in total. The van der Waals surface area contributed by atoms with E-state index in [0.717, 1.165) is 26.1 Å². The molecule has 1 atom stereocenters. The molecule has 0 unspecified atom stereocenters. The Morgan fingerprint density at radius 1 is 1.45 bits per heavy atom. The molecule has 1 aliphatic rings. The van der Waals surface area contributed by atoms with Crippen LogP contribution in [0.1, 0.15) is 18.2 Å². The van der Waals surface area contributed by atoms with Crippen molar-refractivity contribution in [3.63, 3.8) is 0 Å². The monoisotopic (exact) mass is 288 g/mol. The number of hydrogen-bond acceptors (Lipinski definition) is 3. The minimum atomic E-state index is 0.261. The van der Waals surface area contributed by atoms with Gasteiger partial charge < -0.3 is 10.2 Å². The summed E-state index contributed by atoms with van der Waals surface area (Å²) in [5, 5.41) is 4.69. The van der Waals surface area contributed by atoms with Crippen molar-refractivity contribution in [3.8, 4) is 0 Å². The SMILES string of the molecule is CC[C@@H]1CN(C(=O)Cc2cc3ccccc3s2)CCN1. The number of benzene rings is 1. The van der Waals surface area contributed by atoms with Crippen LogP contribution in [0.25, 0.3) is 10.1 Å². The molecule has 1 saturated heterocycles. The van der Waals surface area contributed by atoms with Gasteiger partial charge in [-0.1, -0.05) is 25.1 Å². The first-order valence-electron chi connectivity index (χ1n) is 7.25. The van der Waals surface area contributed by atoms with Crippen molar-refractivity contribution < 1.29 is 4.79 Å². The lowest BCUT2D eigenvalue weighted by Gasteiger charge is -2.33. The predicted molar refractivity (Wildman–Crippen MR) is 84.2 cm³/mol. The van der Waals surface area contributed by atoms with Gasteiger partial charge in [-0.2, -0.15) is 0 Å². The molecule has 1 fully saturated rings. The smallest absolute Gasteiger partial charge is 0.227 e. The summed E-state index contributed by atoms with van der Waals surface area (Å²) in [6, 6.07) is 10.9. The van der Waals surface area contributed by atoms with E-state index in [4.69, 9.17) is 0 Å². The summed E-state index contributed by atoms with van der Waals surface area (Å²) in [5.74, 6) is 0.261. The van der Waals surface area contributed by atoms with Crippen LogP contribution in [0, 0.1) is 0 Å². The van der Waals surface area contributed by atoms with Crippen LogP contribution < -0.4 is 5.32 Å². The summed E-state index contributed by atoms with van der Waals surface area (Å²) in [4.78, 5) is 15.6. The molecule has 1 aromatic heterocycles. The topological polar surface area (TPSA) is 32.3 Å². The highest BCUT2D eigenvalue weighted by Gasteiger charge is 2.22. The van der Waals surface area contributed by atoms with Gasteiger partial charge in [0.15, 0.2) is 0 Å². The average molecular weight is 288 g/mol. The molecule has 0 spiro atoms. The van der Waals surface area contributed by atoms with E-state index >= 15 is 0 Å². The number of amides is 1. The van der Waals surface area contributed by atoms with Gasteiger partial charge in [0.25, 0.3) is 0 Å². The quantitative estimate of drug-likeness (QED) is 0.941. The van der Waals surface area contributed by atoms with Gasteiger partial charge in [0.2, 0.25) is 5.91 Å². The number of hydrogen-bond donors (Lipinski definition) is 1. The maximum Gasteiger partial charge on any atom is 0.227 e. The van der Waals surface area contributed by atoms with Crippen molar-refractivity contribution in [1.29, 1.82) is 0 Å². The van der Waals surface area contributed by atoms with Gasteiger partial charge in [-0.05, 0) is 23.9 Å². The summed E-state index contributed by atoms with van der Waals surface area (Å²) in [6.07, 6.45) is 1.61. The van der Waals surface area contributed by atoms with Gasteiger partial charge in [-0.25, -0.2) is 0 Å². The second-order valence-corrected chi connectivity index (χ2v) is 6.49. The Bertz CT molecular complexity index is 574. The van der Waals surface area contributed by atoms with Crippen molar-refractivity contribution in [1.82, 2.24) is 10.2 Å². The Balaban J connectivity index is 1.68. The van der Waals surface area contributed by atoms with Crippen molar-refractivity contribution in [3.05, 3.63) is 35.2 Å². The van der Waals surface area contributed by atoms with Gasteiger partial charge in [-0.15, -0.1) is 11.3 Å². The summed E-state index contributed by atoms with van der Waals surface area (Å²) in [5.41, 5.74) is 0. The minimum Gasteiger partial charge on any atom is -0.340 e. The molecule has 1 aliphatic heterocycles. The lowest BCUT2D eigenvalue weighted by molar-refractivity contribution is -0.131. The number of nitrogens with one attached hydrogen (secondary N) is 1. The molecule has 0 saturated carbocycles. The molecular weight excluding hydrogens is 268 g/mol. The minimum absolute atomic E-state index is 0.261. The Kier molecular flexibility index (Phi) is 4.03. The highest BCUT2D eigenvalue weighted by molar-refractivity contribution is 7.19. The van der Waals surface area contributed by atoms with Crippen molar-refractivity contribution >= 4 is 27.3 Å². The zero-order valence-corrected chi connectivity index (χ0v) is 12.6. The summed E-state index contributed by atoms with van der Waals surface area (Å²) in [7, 11) is 0. The molecule has 1 aromatic carbocycles. The van der Waals surface area contributed by atoms with Crippen molar-refractivity contribution in [2.24, 2.45) is 0 Å². The first-order chi connectivity index (χ1) is 9.76. The van der Waals surface area contributed by atoms with Crippen LogP contribution in [0.15, 0.2) is 30.3 Å². The second-order valence-electron chi connectivity index (χ2n) is 5.33. The molecule has 1 N–H and O–H groups in total. The molecule has 2 aromatic rings. The fraction of sp³-hybridized carbons (Fsp3) is 0.438. The second kappa shape index (κ2) is 5.94. The third kappa shape index (κ3) is 2.86. The molecule has 0 bridgehead atoms. The molecule has 3 rings (SSSR count). The van der Waals surface area contributed by atoms with Crippen molar-refractivity contribution in [2.75, 3.05) is 19.6 Å². The third-order valence-corrected chi connectivity index (χ3v) is 5.02. The fourth-order valence-electron chi connectivity index (χ4n) is 2.71. The Labute approximate surface area is 123 Å². The van der Waals surface area contributed by atoms with E-state index in [-0.39, 0.29) is 5.91 Å². The zero-order chi connectivity index (χ0) is 13.9.